The predicted molar refractivity (Wildman–Crippen MR) is 86.0 cm³/mol. The molecule has 1 atom stereocenters. The SMILES string of the molecule is CCOc1nc(NC(C)c2cccc(Br)c2)ccc1N. The Balaban J connectivity index is 2.15. The number of hydrogen-bond donors (Lipinski definition) is 2. The molecule has 1 aromatic carbocycles. The first-order chi connectivity index (χ1) is 9.60. The summed E-state index contributed by atoms with van der Waals surface area (Å²) in [5.41, 5.74) is 7.54. The Morgan fingerprint density at radius 1 is 1.35 bits per heavy atom. The van der Waals surface area contributed by atoms with Gasteiger partial charge in [0, 0.05) is 10.5 Å². The highest BCUT2D eigenvalue weighted by molar-refractivity contribution is 9.10. The van der Waals surface area contributed by atoms with E-state index in [-0.39, 0.29) is 6.04 Å². The Hall–Kier alpha value is -1.75. The Morgan fingerprint density at radius 2 is 2.15 bits per heavy atom. The highest BCUT2D eigenvalue weighted by Gasteiger charge is 2.09. The minimum absolute atomic E-state index is 0.137. The number of rotatable bonds is 5. The average molecular weight is 336 g/mol. The Kier molecular flexibility index (Phi) is 4.84. The van der Waals surface area contributed by atoms with E-state index in [2.05, 4.69) is 45.3 Å². The maximum absolute atomic E-state index is 5.82. The molecule has 20 heavy (non-hydrogen) atoms. The van der Waals surface area contributed by atoms with Crippen LogP contribution in [0.5, 0.6) is 5.88 Å². The molecule has 4 nitrogen and oxygen atoms in total. The molecule has 0 amide bonds. The lowest BCUT2D eigenvalue weighted by molar-refractivity contribution is 0.329. The molecule has 0 fully saturated rings. The van der Waals surface area contributed by atoms with Crippen molar-refractivity contribution in [3.8, 4) is 5.88 Å². The Labute approximate surface area is 127 Å². The maximum atomic E-state index is 5.82. The van der Waals surface area contributed by atoms with Gasteiger partial charge in [-0.1, -0.05) is 28.1 Å². The van der Waals surface area contributed by atoms with Gasteiger partial charge in [0.2, 0.25) is 5.88 Å². The summed E-state index contributed by atoms with van der Waals surface area (Å²) < 4.78 is 6.46. The van der Waals surface area contributed by atoms with Gasteiger partial charge in [-0.25, -0.2) is 0 Å². The van der Waals surface area contributed by atoms with Crippen molar-refractivity contribution < 1.29 is 4.74 Å². The van der Waals surface area contributed by atoms with Crippen LogP contribution >= 0.6 is 15.9 Å². The maximum Gasteiger partial charge on any atom is 0.239 e. The van der Waals surface area contributed by atoms with E-state index < -0.39 is 0 Å². The normalized spacial score (nSPS) is 11.9. The van der Waals surface area contributed by atoms with Crippen LogP contribution in [0.2, 0.25) is 0 Å². The lowest BCUT2D eigenvalue weighted by atomic mass is 10.1. The van der Waals surface area contributed by atoms with Crippen molar-refractivity contribution in [2.24, 2.45) is 0 Å². The summed E-state index contributed by atoms with van der Waals surface area (Å²) in [6.45, 7) is 4.54. The molecule has 106 valence electrons. The number of nitrogens with two attached hydrogens (primary N) is 1. The second kappa shape index (κ2) is 6.61. The molecule has 0 aliphatic rings. The highest BCUT2D eigenvalue weighted by Crippen LogP contribution is 2.25. The van der Waals surface area contributed by atoms with Crippen LogP contribution in [0, 0.1) is 0 Å². The molecule has 0 radical (unpaired) electrons. The van der Waals surface area contributed by atoms with E-state index in [1.165, 1.54) is 5.56 Å². The van der Waals surface area contributed by atoms with Crippen molar-refractivity contribution in [2.45, 2.75) is 19.9 Å². The number of pyridine rings is 1. The zero-order valence-electron chi connectivity index (χ0n) is 11.6. The topological polar surface area (TPSA) is 60.2 Å². The summed E-state index contributed by atoms with van der Waals surface area (Å²) in [4.78, 5) is 4.38. The van der Waals surface area contributed by atoms with Crippen LogP contribution in [0.1, 0.15) is 25.5 Å². The van der Waals surface area contributed by atoms with Gasteiger partial charge in [0.25, 0.3) is 0 Å². The number of ether oxygens (including phenoxy) is 1. The van der Waals surface area contributed by atoms with E-state index in [9.17, 15) is 0 Å². The highest BCUT2D eigenvalue weighted by atomic mass is 79.9. The molecule has 1 unspecified atom stereocenters. The number of halogens is 1. The van der Waals surface area contributed by atoms with E-state index in [0.717, 1.165) is 10.3 Å². The predicted octanol–water partition coefficient (Wildman–Crippen LogP) is 4.00. The van der Waals surface area contributed by atoms with Gasteiger partial charge >= 0.3 is 0 Å². The van der Waals surface area contributed by atoms with Gasteiger partial charge in [0.1, 0.15) is 5.82 Å². The number of benzene rings is 1. The molecule has 2 aromatic rings. The standard InChI is InChI=1S/C15H18BrN3O/c1-3-20-15-13(17)7-8-14(19-15)18-10(2)11-5-4-6-12(16)9-11/h4-10H,3,17H2,1-2H3,(H,18,19). The molecule has 0 aliphatic carbocycles. The lowest BCUT2D eigenvalue weighted by Crippen LogP contribution is -2.09. The molecular formula is C15H18BrN3O. The summed E-state index contributed by atoms with van der Waals surface area (Å²) >= 11 is 3.48. The van der Waals surface area contributed by atoms with Crippen LogP contribution in [0.15, 0.2) is 40.9 Å². The molecule has 0 spiro atoms. The number of nitrogens with one attached hydrogen (secondary N) is 1. The molecule has 0 saturated carbocycles. The van der Waals surface area contributed by atoms with Crippen molar-refractivity contribution in [1.82, 2.24) is 4.98 Å². The second-order valence-corrected chi connectivity index (χ2v) is 5.36. The summed E-state index contributed by atoms with van der Waals surface area (Å²) in [7, 11) is 0. The zero-order valence-corrected chi connectivity index (χ0v) is 13.1. The Bertz CT molecular complexity index is 589. The van der Waals surface area contributed by atoms with E-state index in [1.54, 1.807) is 6.07 Å². The van der Waals surface area contributed by atoms with Gasteiger partial charge in [-0.3, -0.25) is 0 Å². The number of anilines is 2. The smallest absolute Gasteiger partial charge is 0.239 e. The van der Waals surface area contributed by atoms with Crippen LogP contribution in [-0.2, 0) is 0 Å². The summed E-state index contributed by atoms with van der Waals surface area (Å²) in [6.07, 6.45) is 0. The number of hydrogen-bond acceptors (Lipinski definition) is 4. The van der Waals surface area contributed by atoms with Crippen molar-refractivity contribution in [1.29, 1.82) is 0 Å². The molecule has 0 bridgehead atoms. The third-order valence-electron chi connectivity index (χ3n) is 2.88. The van der Waals surface area contributed by atoms with E-state index in [4.69, 9.17) is 10.5 Å². The van der Waals surface area contributed by atoms with Gasteiger partial charge in [0.05, 0.1) is 12.3 Å². The monoisotopic (exact) mass is 335 g/mol. The summed E-state index contributed by atoms with van der Waals surface area (Å²) in [6, 6.07) is 12.0. The van der Waals surface area contributed by atoms with E-state index in [1.807, 2.05) is 25.1 Å². The first-order valence-corrected chi connectivity index (χ1v) is 7.30. The van der Waals surface area contributed by atoms with Crippen molar-refractivity contribution in [3.63, 3.8) is 0 Å². The summed E-state index contributed by atoms with van der Waals surface area (Å²) in [5.74, 6) is 1.22. The third kappa shape index (κ3) is 3.63. The van der Waals surface area contributed by atoms with Crippen molar-refractivity contribution in [3.05, 3.63) is 46.4 Å². The zero-order chi connectivity index (χ0) is 14.5. The molecule has 0 aliphatic heterocycles. The molecule has 1 aromatic heterocycles. The van der Waals surface area contributed by atoms with Gasteiger partial charge in [-0.05, 0) is 43.7 Å². The van der Waals surface area contributed by atoms with Gasteiger partial charge in [-0.2, -0.15) is 4.98 Å². The van der Waals surface area contributed by atoms with Crippen LogP contribution in [0.25, 0.3) is 0 Å². The molecule has 1 heterocycles. The third-order valence-corrected chi connectivity index (χ3v) is 3.38. The fourth-order valence-electron chi connectivity index (χ4n) is 1.87. The number of nitrogen functional groups attached to an aromatic ring is 1. The van der Waals surface area contributed by atoms with Crippen LogP contribution in [0.3, 0.4) is 0 Å². The van der Waals surface area contributed by atoms with Gasteiger partial charge < -0.3 is 15.8 Å². The van der Waals surface area contributed by atoms with E-state index in [0.29, 0.717) is 18.2 Å². The summed E-state index contributed by atoms with van der Waals surface area (Å²) in [5, 5.41) is 3.34. The van der Waals surface area contributed by atoms with Crippen LogP contribution in [-0.4, -0.2) is 11.6 Å². The fraction of sp³-hybridized carbons (Fsp3) is 0.267. The first kappa shape index (κ1) is 14.7. The van der Waals surface area contributed by atoms with Crippen molar-refractivity contribution in [2.75, 3.05) is 17.7 Å². The average Bonchev–Trinajstić information content (AvgIpc) is 2.43. The van der Waals surface area contributed by atoms with Gasteiger partial charge in [-0.15, -0.1) is 0 Å². The largest absolute Gasteiger partial charge is 0.476 e. The van der Waals surface area contributed by atoms with Crippen LogP contribution < -0.4 is 15.8 Å². The molecular weight excluding hydrogens is 318 g/mol. The molecule has 3 N–H and O–H groups in total. The Morgan fingerprint density at radius 3 is 2.85 bits per heavy atom. The number of aromatic nitrogens is 1. The van der Waals surface area contributed by atoms with Crippen molar-refractivity contribution >= 4 is 27.4 Å². The van der Waals surface area contributed by atoms with Gasteiger partial charge in [0.15, 0.2) is 0 Å². The quantitative estimate of drug-likeness (QED) is 0.866. The minimum atomic E-state index is 0.137. The second-order valence-electron chi connectivity index (χ2n) is 4.44. The molecule has 5 heteroatoms. The minimum Gasteiger partial charge on any atom is -0.476 e. The lowest BCUT2D eigenvalue weighted by Gasteiger charge is -2.16. The number of nitrogens with zero attached hydrogens (tertiary/aromatic N) is 1. The fourth-order valence-corrected chi connectivity index (χ4v) is 2.28. The van der Waals surface area contributed by atoms with Crippen LogP contribution in [0.4, 0.5) is 11.5 Å². The molecule has 0 saturated heterocycles. The molecule has 2 rings (SSSR count). The first-order valence-electron chi connectivity index (χ1n) is 6.51. The van der Waals surface area contributed by atoms with E-state index >= 15 is 0 Å².